The average Bonchev–Trinajstić information content (AvgIpc) is 3.40. The minimum atomic E-state index is 0.334. The van der Waals surface area contributed by atoms with Crippen LogP contribution in [-0.4, -0.2) is 25.8 Å². The van der Waals surface area contributed by atoms with Crippen LogP contribution in [0.5, 0.6) is 0 Å². The van der Waals surface area contributed by atoms with Crippen LogP contribution in [-0.2, 0) is 6.42 Å². The lowest BCUT2D eigenvalue weighted by Gasteiger charge is -2.01. The van der Waals surface area contributed by atoms with Crippen molar-refractivity contribution in [3.63, 3.8) is 0 Å². The summed E-state index contributed by atoms with van der Waals surface area (Å²) >= 11 is 0. The third kappa shape index (κ3) is 3.56. The van der Waals surface area contributed by atoms with E-state index >= 15 is 0 Å². The molecule has 0 atom stereocenters. The van der Waals surface area contributed by atoms with Crippen molar-refractivity contribution < 1.29 is 0 Å². The maximum Gasteiger partial charge on any atom is 0.251 e. The molecule has 3 heterocycles. The molecule has 0 unspecified atom stereocenters. The number of hydrogen-bond acceptors (Lipinski definition) is 5. The number of pyridine rings is 1. The van der Waals surface area contributed by atoms with Gasteiger partial charge in [-0.25, -0.2) is 15.0 Å². The zero-order chi connectivity index (χ0) is 18.1. The number of aryl methyl sites for hydroxylation is 1. The van der Waals surface area contributed by atoms with E-state index in [0.29, 0.717) is 17.7 Å². The second-order valence-electron chi connectivity index (χ2n) is 6.75. The van der Waals surface area contributed by atoms with Gasteiger partial charge in [0.25, 0.3) is 5.95 Å². The third-order valence-corrected chi connectivity index (χ3v) is 4.43. The van der Waals surface area contributed by atoms with Gasteiger partial charge in [0, 0.05) is 42.3 Å². The van der Waals surface area contributed by atoms with E-state index in [2.05, 4.69) is 31.0 Å². The number of aromatic amines is 1. The molecule has 1 aliphatic rings. The first-order valence-electron chi connectivity index (χ1n) is 8.63. The van der Waals surface area contributed by atoms with E-state index in [-0.39, 0.29) is 0 Å². The molecule has 4 rings (SSSR count). The quantitative estimate of drug-likeness (QED) is 0.484. The van der Waals surface area contributed by atoms with Crippen molar-refractivity contribution in [1.29, 1.82) is 0 Å². The molecule has 0 aliphatic heterocycles. The van der Waals surface area contributed by atoms with E-state index in [1.807, 2.05) is 19.3 Å². The van der Waals surface area contributed by atoms with Crippen LogP contribution in [0.15, 0.2) is 47.6 Å². The van der Waals surface area contributed by atoms with Crippen molar-refractivity contribution in [2.24, 2.45) is 22.4 Å². The Kier molecular flexibility index (Phi) is 4.12. The number of nitrogens with zero attached hydrogens (tertiary/aromatic N) is 4. The van der Waals surface area contributed by atoms with Gasteiger partial charge in [-0.05, 0) is 54.5 Å². The highest BCUT2D eigenvalue weighted by Crippen LogP contribution is 2.33. The fraction of sp³-hybridized carbons (Fsp3) is 0.263. The molecule has 132 valence electrons. The van der Waals surface area contributed by atoms with Gasteiger partial charge in [-0.1, -0.05) is 0 Å². The number of aromatic nitrogens is 4. The van der Waals surface area contributed by atoms with E-state index in [9.17, 15) is 0 Å². The zero-order valence-electron chi connectivity index (χ0n) is 14.6. The Morgan fingerprint density at radius 2 is 2.00 bits per heavy atom. The van der Waals surface area contributed by atoms with Crippen molar-refractivity contribution in [2.45, 2.75) is 26.2 Å². The van der Waals surface area contributed by atoms with Gasteiger partial charge in [-0.3, -0.25) is 0 Å². The molecule has 1 aliphatic carbocycles. The molecule has 0 aromatic carbocycles. The second-order valence-corrected chi connectivity index (χ2v) is 6.75. The van der Waals surface area contributed by atoms with E-state index in [0.717, 1.165) is 52.7 Å². The summed E-state index contributed by atoms with van der Waals surface area (Å²) in [5.74, 6) is 1.13. The SMILES string of the molecule is Cc1cnc2[nH]cc(Cc3cnc(N=C(N)C=C(N)C4CC4)nc3)c2c1. The molecular weight excluding hydrogens is 326 g/mol. The molecule has 0 radical (unpaired) electrons. The van der Waals surface area contributed by atoms with Crippen LogP contribution in [0.2, 0.25) is 0 Å². The van der Waals surface area contributed by atoms with E-state index in [1.165, 1.54) is 0 Å². The third-order valence-electron chi connectivity index (χ3n) is 4.43. The Balaban J connectivity index is 1.50. The molecule has 0 bridgehead atoms. The van der Waals surface area contributed by atoms with Gasteiger partial charge >= 0.3 is 0 Å². The molecule has 0 saturated heterocycles. The van der Waals surface area contributed by atoms with E-state index in [1.54, 1.807) is 18.5 Å². The van der Waals surface area contributed by atoms with Crippen molar-refractivity contribution in [3.8, 4) is 0 Å². The molecule has 7 heteroatoms. The fourth-order valence-corrected chi connectivity index (χ4v) is 2.88. The molecule has 5 N–H and O–H groups in total. The predicted octanol–water partition coefficient (Wildman–Crippen LogP) is 2.49. The Morgan fingerprint density at radius 3 is 2.73 bits per heavy atom. The average molecular weight is 347 g/mol. The number of nitrogens with two attached hydrogens (primary N) is 2. The summed E-state index contributed by atoms with van der Waals surface area (Å²) in [5, 5.41) is 1.12. The lowest BCUT2D eigenvalue weighted by molar-refractivity contribution is 0.982. The number of hydrogen-bond donors (Lipinski definition) is 3. The maximum atomic E-state index is 5.94. The Labute approximate surface area is 151 Å². The zero-order valence-corrected chi connectivity index (χ0v) is 14.6. The highest BCUT2D eigenvalue weighted by molar-refractivity contribution is 5.93. The van der Waals surface area contributed by atoms with Gasteiger partial charge in [0.1, 0.15) is 11.5 Å². The first-order chi connectivity index (χ1) is 12.6. The second kappa shape index (κ2) is 6.59. The lowest BCUT2D eigenvalue weighted by atomic mass is 10.1. The van der Waals surface area contributed by atoms with Crippen molar-refractivity contribution in [1.82, 2.24) is 19.9 Å². The summed E-state index contributed by atoms with van der Waals surface area (Å²) in [7, 11) is 0. The summed E-state index contributed by atoms with van der Waals surface area (Å²) < 4.78 is 0. The van der Waals surface area contributed by atoms with Gasteiger partial charge in [-0.2, -0.15) is 4.99 Å². The van der Waals surface area contributed by atoms with Gasteiger partial charge in [0.2, 0.25) is 0 Å². The number of H-pyrrole nitrogens is 1. The van der Waals surface area contributed by atoms with Crippen LogP contribution in [0.3, 0.4) is 0 Å². The van der Waals surface area contributed by atoms with E-state index in [4.69, 9.17) is 11.5 Å². The molecule has 1 fully saturated rings. The minimum Gasteiger partial charge on any atom is -0.402 e. The van der Waals surface area contributed by atoms with Crippen LogP contribution in [0.4, 0.5) is 5.95 Å². The summed E-state index contributed by atoms with van der Waals surface area (Å²) in [6, 6.07) is 2.13. The van der Waals surface area contributed by atoms with Crippen molar-refractivity contribution >= 4 is 22.8 Å². The Hall–Kier alpha value is -3.22. The van der Waals surface area contributed by atoms with Gasteiger partial charge in [0.15, 0.2) is 0 Å². The Morgan fingerprint density at radius 1 is 1.23 bits per heavy atom. The predicted molar refractivity (Wildman–Crippen MR) is 102 cm³/mol. The number of fused-ring (bicyclic) bond motifs is 1. The largest absolute Gasteiger partial charge is 0.402 e. The summed E-state index contributed by atoms with van der Waals surface area (Å²) in [6.07, 6.45) is 12.1. The van der Waals surface area contributed by atoms with Crippen molar-refractivity contribution in [3.05, 3.63) is 59.3 Å². The van der Waals surface area contributed by atoms with Crippen LogP contribution in [0, 0.1) is 12.8 Å². The smallest absolute Gasteiger partial charge is 0.251 e. The molecule has 0 amide bonds. The first kappa shape index (κ1) is 16.3. The highest BCUT2D eigenvalue weighted by Gasteiger charge is 2.23. The normalized spacial score (nSPS) is 15.6. The maximum absolute atomic E-state index is 5.94. The van der Waals surface area contributed by atoms with Crippen LogP contribution < -0.4 is 11.5 Å². The summed E-state index contributed by atoms with van der Waals surface area (Å²) in [5.41, 5.74) is 16.8. The van der Waals surface area contributed by atoms with Gasteiger partial charge < -0.3 is 16.5 Å². The van der Waals surface area contributed by atoms with Crippen molar-refractivity contribution in [2.75, 3.05) is 0 Å². The molecule has 3 aromatic heterocycles. The number of allylic oxidation sites excluding steroid dienone is 1. The van der Waals surface area contributed by atoms with Crippen LogP contribution in [0.1, 0.15) is 29.5 Å². The summed E-state index contributed by atoms with van der Waals surface area (Å²) in [4.78, 5) is 20.4. The minimum absolute atomic E-state index is 0.334. The van der Waals surface area contributed by atoms with Crippen LogP contribution in [0.25, 0.3) is 11.0 Å². The molecule has 7 nitrogen and oxygen atoms in total. The number of nitrogens with one attached hydrogen (secondary N) is 1. The molecule has 26 heavy (non-hydrogen) atoms. The topological polar surface area (TPSA) is 119 Å². The number of aliphatic imine (C=N–C) groups is 1. The molecular formula is C19H21N7. The number of amidine groups is 1. The van der Waals surface area contributed by atoms with Gasteiger partial charge in [-0.15, -0.1) is 0 Å². The monoisotopic (exact) mass is 347 g/mol. The van der Waals surface area contributed by atoms with Gasteiger partial charge in [0.05, 0.1) is 0 Å². The van der Waals surface area contributed by atoms with Crippen LogP contribution >= 0.6 is 0 Å². The molecule has 3 aromatic rings. The Bertz CT molecular complexity index is 994. The molecule has 1 saturated carbocycles. The fourth-order valence-electron chi connectivity index (χ4n) is 2.88. The highest BCUT2D eigenvalue weighted by atomic mass is 15.1. The standard InChI is InChI=1S/C19H21N7/c1-11-4-15-14(10-23-18(15)22-7-11)5-12-8-24-19(25-9-12)26-17(21)6-16(20)13-2-3-13/h4,6-10,13H,2-3,5,20H2,1H3,(H,22,23)(H2,21,24,25,26). The first-order valence-corrected chi connectivity index (χ1v) is 8.63. The summed E-state index contributed by atoms with van der Waals surface area (Å²) in [6.45, 7) is 2.04. The number of rotatable bonds is 5. The lowest BCUT2D eigenvalue weighted by Crippen LogP contribution is -2.12. The van der Waals surface area contributed by atoms with E-state index < -0.39 is 0 Å². The molecule has 0 spiro atoms.